The Labute approximate surface area is 137 Å². The molecule has 1 heterocycles. The molecule has 2 atom stereocenters. The monoisotopic (exact) mass is 364 g/mol. The van der Waals surface area contributed by atoms with Gasteiger partial charge in [0.1, 0.15) is 10.9 Å². The maximum absolute atomic E-state index is 9.55. The van der Waals surface area contributed by atoms with E-state index in [4.69, 9.17) is 20.4 Å². The van der Waals surface area contributed by atoms with Crippen molar-refractivity contribution in [3.05, 3.63) is 0 Å². The van der Waals surface area contributed by atoms with E-state index in [-0.39, 0.29) is 23.7 Å². The fraction of sp³-hybridized carbons (Fsp3) is 0.800. The number of aliphatic hydroxyl groups excluding tert-OH is 2. The van der Waals surface area contributed by atoms with Crippen LogP contribution < -0.4 is 0 Å². The second-order valence-electron chi connectivity index (χ2n) is 3.31. The van der Waals surface area contributed by atoms with E-state index in [2.05, 4.69) is 25.3 Å². The summed E-state index contributed by atoms with van der Waals surface area (Å²) < 4.78 is 0. The minimum atomic E-state index is -0.787. The molecule has 1 aliphatic heterocycles. The Balaban J connectivity index is 0. The van der Waals surface area contributed by atoms with E-state index in [0.717, 1.165) is 0 Å². The Morgan fingerprint density at radius 1 is 0.900 bits per heavy atom. The van der Waals surface area contributed by atoms with E-state index < -0.39 is 11.9 Å². The first kappa shape index (κ1) is 22.5. The molecule has 10 heteroatoms. The van der Waals surface area contributed by atoms with Gasteiger partial charge in [0.15, 0.2) is 0 Å². The Hall–Kier alpha value is 0.260. The molecule has 2 unspecified atom stereocenters. The lowest BCUT2D eigenvalue weighted by atomic mass is 10.5. The van der Waals surface area contributed by atoms with Crippen molar-refractivity contribution >= 4 is 60.7 Å². The summed E-state index contributed by atoms with van der Waals surface area (Å²) in [4.78, 5) is 19.1. The van der Waals surface area contributed by atoms with Crippen LogP contribution in [0.3, 0.4) is 0 Å². The fourth-order valence-electron chi connectivity index (χ4n) is 0.674. The molecule has 20 heavy (non-hydrogen) atoms. The first-order chi connectivity index (χ1) is 9.33. The number of carbonyl (C=O) groups is 2. The van der Waals surface area contributed by atoms with Gasteiger partial charge in [-0.05, 0) is 0 Å². The van der Waals surface area contributed by atoms with Crippen LogP contribution in [0.4, 0.5) is 0 Å². The maximum atomic E-state index is 9.55. The largest absolute Gasteiger partial charge is 0.481 e. The van der Waals surface area contributed by atoms with Gasteiger partial charge in [0.25, 0.3) is 0 Å². The van der Waals surface area contributed by atoms with Crippen LogP contribution in [0, 0.1) is 0 Å². The van der Waals surface area contributed by atoms with E-state index in [1.165, 1.54) is 23.5 Å². The molecule has 1 rings (SSSR count). The second-order valence-corrected chi connectivity index (χ2v) is 6.63. The molecule has 1 aliphatic rings. The van der Waals surface area contributed by atoms with Crippen LogP contribution in [0.15, 0.2) is 0 Å². The lowest BCUT2D eigenvalue weighted by molar-refractivity contribution is -0.137. The van der Waals surface area contributed by atoms with Gasteiger partial charge in [-0.1, -0.05) is 0 Å². The molecule has 6 nitrogen and oxygen atoms in total. The van der Waals surface area contributed by atoms with E-state index in [1.54, 1.807) is 0 Å². The third-order valence-corrected chi connectivity index (χ3v) is 4.50. The molecule has 0 aliphatic carbocycles. The van der Waals surface area contributed by atoms with Crippen LogP contribution in [0.1, 0.15) is 12.8 Å². The van der Waals surface area contributed by atoms with Crippen LogP contribution in [-0.2, 0) is 9.59 Å². The lowest BCUT2D eigenvalue weighted by Gasteiger charge is -2.19. The highest BCUT2D eigenvalue weighted by Gasteiger charge is 2.16. The predicted octanol–water partition coefficient (Wildman–Crippen LogP) is 0.885. The summed E-state index contributed by atoms with van der Waals surface area (Å²) in [5, 5.41) is 33.4. The third-order valence-electron chi connectivity index (χ3n) is 1.51. The number of thiol groups is 2. The highest BCUT2D eigenvalue weighted by Crippen LogP contribution is 2.26. The van der Waals surface area contributed by atoms with Gasteiger partial charge < -0.3 is 20.4 Å². The average molecular weight is 365 g/mol. The van der Waals surface area contributed by atoms with Gasteiger partial charge in [0, 0.05) is 23.0 Å². The number of carboxylic acid groups (broad SMARTS) is 2. The first-order valence-electron chi connectivity index (χ1n) is 5.58. The van der Waals surface area contributed by atoms with Crippen molar-refractivity contribution in [3.63, 3.8) is 0 Å². The van der Waals surface area contributed by atoms with Crippen molar-refractivity contribution in [3.8, 4) is 0 Å². The molecule has 120 valence electrons. The lowest BCUT2D eigenvalue weighted by Crippen LogP contribution is -2.19. The minimum Gasteiger partial charge on any atom is -0.481 e. The molecule has 1 saturated heterocycles. The number of thioether (sulfide) groups is 2. The molecular weight excluding hydrogens is 344 g/mol. The van der Waals surface area contributed by atoms with Crippen LogP contribution in [0.2, 0.25) is 0 Å². The normalized spacial score (nSPS) is 20.8. The molecule has 0 spiro atoms. The zero-order chi connectivity index (χ0) is 16.0. The van der Waals surface area contributed by atoms with Crippen LogP contribution in [-0.4, -0.2) is 66.2 Å². The van der Waals surface area contributed by atoms with Gasteiger partial charge in [0.05, 0.1) is 12.8 Å². The molecule has 0 bridgehead atoms. The summed E-state index contributed by atoms with van der Waals surface area (Å²) in [5.41, 5.74) is -0.521. The van der Waals surface area contributed by atoms with E-state index >= 15 is 0 Å². The standard InChI is InChI=1S/C4H8O2S2.2C3H6O2S/c5-3-1-7-4(6)2-8-3;2*4-3(5)1-2-6/h3-6H,1-2H2;2*6H,1-2H2,(H,4,5). The van der Waals surface area contributed by atoms with Crippen molar-refractivity contribution in [1.82, 2.24) is 0 Å². The first-order valence-corrected chi connectivity index (χ1v) is 8.94. The van der Waals surface area contributed by atoms with Crippen molar-refractivity contribution in [2.45, 2.75) is 23.7 Å². The summed E-state index contributed by atoms with van der Waals surface area (Å²) in [5.74, 6) is 0.595. The zero-order valence-electron chi connectivity index (χ0n) is 10.7. The molecule has 0 aromatic rings. The van der Waals surface area contributed by atoms with Crippen molar-refractivity contribution in [2.24, 2.45) is 0 Å². The van der Waals surface area contributed by atoms with E-state index in [9.17, 15) is 9.59 Å². The quantitative estimate of drug-likeness (QED) is 0.408. The minimum absolute atomic E-state index is 0.156. The highest BCUT2D eigenvalue weighted by molar-refractivity contribution is 8.06. The highest BCUT2D eigenvalue weighted by atomic mass is 32.2. The summed E-state index contributed by atoms with van der Waals surface area (Å²) in [7, 11) is 0. The third kappa shape index (κ3) is 20.6. The molecule has 0 amide bonds. The van der Waals surface area contributed by atoms with Crippen LogP contribution in [0.5, 0.6) is 0 Å². The Kier molecular flexibility index (Phi) is 17.6. The van der Waals surface area contributed by atoms with Gasteiger partial charge in [-0.25, -0.2) is 0 Å². The Bertz CT molecular complexity index is 232. The molecule has 0 saturated carbocycles. The van der Waals surface area contributed by atoms with Crippen LogP contribution >= 0.6 is 48.8 Å². The zero-order valence-corrected chi connectivity index (χ0v) is 14.1. The van der Waals surface area contributed by atoms with Crippen LogP contribution in [0.25, 0.3) is 0 Å². The summed E-state index contributed by atoms with van der Waals surface area (Å²) >= 11 is 10.2. The topological polar surface area (TPSA) is 115 Å². The molecule has 0 radical (unpaired) electrons. The van der Waals surface area contributed by atoms with Crippen molar-refractivity contribution in [1.29, 1.82) is 0 Å². The second kappa shape index (κ2) is 15.6. The van der Waals surface area contributed by atoms with Gasteiger partial charge in [-0.3, -0.25) is 9.59 Å². The van der Waals surface area contributed by atoms with Crippen molar-refractivity contribution in [2.75, 3.05) is 23.0 Å². The predicted molar refractivity (Wildman–Crippen MR) is 89.1 cm³/mol. The number of aliphatic hydroxyl groups is 2. The Morgan fingerprint density at radius 3 is 1.30 bits per heavy atom. The smallest absolute Gasteiger partial charge is 0.304 e. The SMILES string of the molecule is O=C(O)CCS.O=C(O)CCS.OC1CSC(O)CS1. The average Bonchev–Trinajstić information content (AvgIpc) is 2.34. The van der Waals surface area contributed by atoms with Gasteiger partial charge in [-0.2, -0.15) is 25.3 Å². The van der Waals surface area contributed by atoms with Crippen molar-refractivity contribution < 1.29 is 30.0 Å². The number of rotatable bonds is 4. The molecule has 1 fully saturated rings. The van der Waals surface area contributed by atoms with E-state index in [1.807, 2.05) is 0 Å². The molecule has 0 aromatic heterocycles. The summed E-state index contributed by atoms with van der Waals surface area (Å²) in [6, 6.07) is 0. The number of hydrogen-bond acceptors (Lipinski definition) is 8. The summed E-state index contributed by atoms with van der Waals surface area (Å²) in [6.45, 7) is 0. The van der Waals surface area contributed by atoms with Gasteiger partial charge in [0.2, 0.25) is 0 Å². The number of hydrogen-bond donors (Lipinski definition) is 6. The fourth-order valence-corrected chi connectivity index (χ4v) is 3.07. The molecule has 0 aromatic carbocycles. The summed E-state index contributed by atoms with van der Waals surface area (Å²) in [6.07, 6.45) is 0.312. The number of carboxylic acids is 2. The molecular formula is C10H20O6S4. The number of aliphatic carboxylic acids is 2. The van der Waals surface area contributed by atoms with Gasteiger partial charge in [-0.15, -0.1) is 23.5 Å². The Morgan fingerprint density at radius 2 is 1.20 bits per heavy atom. The van der Waals surface area contributed by atoms with Gasteiger partial charge >= 0.3 is 11.9 Å². The maximum Gasteiger partial charge on any atom is 0.304 e. The van der Waals surface area contributed by atoms with E-state index in [0.29, 0.717) is 23.0 Å². The molecule has 4 N–H and O–H groups in total.